The van der Waals surface area contributed by atoms with Crippen LogP contribution in [0.3, 0.4) is 0 Å². The van der Waals surface area contributed by atoms with Crippen LogP contribution < -0.4 is 10.1 Å². The van der Waals surface area contributed by atoms with Crippen LogP contribution >= 0.6 is 0 Å². The number of carbonyl (C=O) groups excluding carboxylic acids is 2. The van der Waals surface area contributed by atoms with Crippen LogP contribution in [-0.2, 0) is 15.7 Å². The molecule has 1 N–H and O–H groups in total. The number of nitrogens with one attached hydrogen (secondary N) is 1. The van der Waals surface area contributed by atoms with E-state index in [1.54, 1.807) is 18.2 Å². The molecule has 1 amide bonds. The molecule has 0 heterocycles. The molecular weight excluding hydrogens is 387 g/mol. The van der Waals surface area contributed by atoms with Crippen molar-refractivity contribution in [3.8, 4) is 5.75 Å². The molecule has 0 fully saturated rings. The lowest BCUT2D eigenvalue weighted by Gasteiger charge is -2.15. The van der Waals surface area contributed by atoms with Crippen molar-refractivity contribution in [3.05, 3.63) is 58.7 Å². The molecular formula is C21H22F3NO4. The second kappa shape index (κ2) is 9.45. The minimum Gasteiger partial charge on any atom is -0.491 e. The van der Waals surface area contributed by atoms with Gasteiger partial charge in [-0.1, -0.05) is 13.0 Å². The maximum Gasteiger partial charge on any atom is 0.416 e. The highest BCUT2D eigenvalue weighted by molar-refractivity contribution is 5.96. The van der Waals surface area contributed by atoms with E-state index in [1.165, 1.54) is 0 Å². The fourth-order valence-corrected chi connectivity index (χ4v) is 2.41. The molecule has 0 aromatic heterocycles. The van der Waals surface area contributed by atoms with Crippen molar-refractivity contribution < 1.29 is 32.2 Å². The monoisotopic (exact) mass is 409 g/mol. The molecule has 5 nitrogen and oxygen atoms in total. The standard InChI is InChI=1S/C21H22F3NO4/c1-4-9-28-18-8-7-16(21(22,23)24)11-17(18)25-19(26)12-29-20(27)15-6-5-13(2)14(3)10-15/h5-8,10-11H,4,9,12H2,1-3H3,(H,25,26). The highest BCUT2D eigenvalue weighted by atomic mass is 19.4. The van der Waals surface area contributed by atoms with Crippen LogP contribution in [0.5, 0.6) is 5.75 Å². The number of rotatable bonds is 7. The van der Waals surface area contributed by atoms with Gasteiger partial charge in [0.25, 0.3) is 5.91 Å². The summed E-state index contributed by atoms with van der Waals surface area (Å²) in [5.41, 5.74) is 1.12. The Morgan fingerprint density at radius 3 is 2.38 bits per heavy atom. The van der Waals surface area contributed by atoms with Crippen molar-refractivity contribution in [1.82, 2.24) is 0 Å². The molecule has 2 aromatic carbocycles. The average molecular weight is 409 g/mol. The molecule has 29 heavy (non-hydrogen) atoms. The Labute approximate surface area is 166 Å². The van der Waals surface area contributed by atoms with Gasteiger partial charge in [-0.05, 0) is 61.7 Å². The predicted molar refractivity (Wildman–Crippen MR) is 102 cm³/mol. The number of halogens is 3. The van der Waals surface area contributed by atoms with Crippen molar-refractivity contribution in [2.45, 2.75) is 33.4 Å². The number of aryl methyl sites for hydroxylation is 2. The first-order valence-corrected chi connectivity index (χ1v) is 9.00. The molecule has 0 aliphatic carbocycles. The van der Waals surface area contributed by atoms with E-state index in [0.717, 1.165) is 29.3 Å². The van der Waals surface area contributed by atoms with Gasteiger partial charge in [-0.25, -0.2) is 4.79 Å². The summed E-state index contributed by atoms with van der Waals surface area (Å²) < 4.78 is 49.3. The lowest BCUT2D eigenvalue weighted by molar-refractivity contribution is -0.137. The van der Waals surface area contributed by atoms with E-state index in [2.05, 4.69) is 5.32 Å². The summed E-state index contributed by atoms with van der Waals surface area (Å²) in [6, 6.07) is 7.78. The Balaban J connectivity index is 2.08. The molecule has 0 aliphatic rings. The molecule has 2 aromatic rings. The molecule has 0 aliphatic heterocycles. The fraction of sp³-hybridized carbons (Fsp3) is 0.333. The van der Waals surface area contributed by atoms with Crippen LogP contribution in [0.15, 0.2) is 36.4 Å². The average Bonchev–Trinajstić information content (AvgIpc) is 2.66. The lowest BCUT2D eigenvalue weighted by atomic mass is 10.1. The zero-order valence-electron chi connectivity index (χ0n) is 16.4. The number of alkyl halides is 3. The maximum atomic E-state index is 13.0. The van der Waals surface area contributed by atoms with E-state index < -0.39 is 30.2 Å². The number of benzene rings is 2. The van der Waals surface area contributed by atoms with E-state index in [-0.39, 0.29) is 23.6 Å². The minimum atomic E-state index is -4.57. The second-order valence-electron chi connectivity index (χ2n) is 6.48. The first-order chi connectivity index (χ1) is 13.6. The Morgan fingerprint density at radius 1 is 1.03 bits per heavy atom. The van der Waals surface area contributed by atoms with Crippen molar-refractivity contribution in [2.24, 2.45) is 0 Å². The molecule has 156 valence electrons. The number of anilines is 1. The maximum absolute atomic E-state index is 13.0. The van der Waals surface area contributed by atoms with E-state index in [0.29, 0.717) is 6.42 Å². The summed E-state index contributed by atoms with van der Waals surface area (Å²) in [4.78, 5) is 24.2. The fourth-order valence-electron chi connectivity index (χ4n) is 2.41. The van der Waals surface area contributed by atoms with Gasteiger partial charge in [0.2, 0.25) is 0 Å². The van der Waals surface area contributed by atoms with Crippen LogP contribution in [0.4, 0.5) is 18.9 Å². The Hall–Kier alpha value is -3.03. The molecule has 8 heteroatoms. The molecule has 0 atom stereocenters. The lowest BCUT2D eigenvalue weighted by Crippen LogP contribution is -2.22. The summed E-state index contributed by atoms with van der Waals surface area (Å²) in [6.45, 7) is 5.20. The van der Waals surface area contributed by atoms with Crippen molar-refractivity contribution >= 4 is 17.6 Å². The number of ether oxygens (including phenoxy) is 2. The van der Waals surface area contributed by atoms with Crippen LogP contribution in [0, 0.1) is 13.8 Å². The van der Waals surface area contributed by atoms with Gasteiger partial charge < -0.3 is 14.8 Å². The quantitative estimate of drug-likeness (QED) is 0.660. The predicted octanol–water partition coefficient (Wildman–Crippen LogP) is 4.91. The molecule has 2 rings (SSSR count). The second-order valence-corrected chi connectivity index (χ2v) is 6.48. The third kappa shape index (κ3) is 6.23. The van der Waals surface area contributed by atoms with Gasteiger partial charge in [0.1, 0.15) is 5.75 Å². The third-order valence-corrected chi connectivity index (χ3v) is 4.12. The number of hydrogen-bond donors (Lipinski definition) is 1. The molecule has 0 bridgehead atoms. The zero-order chi connectivity index (χ0) is 21.6. The van der Waals surface area contributed by atoms with E-state index in [1.807, 2.05) is 20.8 Å². The van der Waals surface area contributed by atoms with Crippen LogP contribution in [0.25, 0.3) is 0 Å². The summed E-state index contributed by atoms with van der Waals surface area (Å²) in [7, 11) is 0. The molecule has 0 saturated heterocycles. The Bertz CT molecular complexity index is 894. The highest BCUT2D eigenvalue weighted by Gasteiger charge is 2.31. The van der Waals surface area contributed by atoms with Crippen LogP contribution in [-0.4, -0.2) is 25.1 Å². The normalized spacial score (nSPS) is 11.1. The summed E-state index contributed by atoms with van der Waals surface area (Å²) >= 11 is 0. The van der Waals surface area contributed by atoms with Gasteiger partial charge >= 0.3 is 12.1 Å². The van der Waals surface area contributed by atoms with E-state index in [4.69, 9.17) is 9.47 Å². The summed E-state index contributed by atoms with van der Waals surface area (Å²) in [5, 5.41) is 2.32. The molecule has 0 spiro atoms. The van der Waals surface area contributed by atoms with Gasteiger partial charge in [-0.15, -0.1) is 0 Å². The number of esters is 1. The van der Waals surface area contributed by atoms with Crippen molar-refractivity contribution in [1.29, 1.82) is 0 Å². The molecule has 0 radical (unpaired) electrons. The zero-order valence-corrected chi connectivity index (χ0v) is 16.4. The SMILES string of the molecule is CCCOc1ccc(C(F)(F)F)cc1NC(=O)COC(=O)c1ccc(C)c(C)c1. The first-order valence-electron chi connectivity index (χ1n) is 9.00. The number of carbonyl (C=O) groups is 2. The van der Waals surface area contributed by atoms with Gasteiger partial charge in [0.15, 0.2) is 6.61 Å². The Kier molecular flexibility index (Phi) is 7.25. The number of hydrogen-bond acceptors (Lipinski definition) is 4. The van der Waals surface area contributed by atoms with Gasteiger partial charge in [0.05, 0.1) is 23.4 Å². The topological polar surface area (TPSA) is 64.6 Å². The molecule has 0 unspecified atom stereocenters. The van der Waals surface area contributed by atoms with Gasteiger partial charge in [0, 0.05) is 0 Å². The first kappa shape index (κ1) is 22.3. The van der Waals surface area contributed by atoms with E-state index in [9.17, 15) is 22.8 Å². The Morgan fingerprint density at radius 2 is 1.76 bits per heavy atom. The summed E-state index contributed by atoms with van der Waals surface area (Å²) in [6.07, 6.45) is -3.93. The van der Waals surface area contributed by atoms with Gasteiger partial charge in [-0.3, -0.25) is 4.79 Å². The smallest absolute Gasteiger partial charge is 0.416 e. The van der Waals surface area contributed by atoms with Crippen molar-refractivity contribution in [3.63, 3.8) is 0 Å². The number of amides is 1. The van der Waals surface area contributed by atoms with E-state index >= 15 is 0 Å². The minimum absolute atomic E-state index is 0.105. The molecule has 0 saturated carbocycles. The van der Waals surface area contributed by atoms with Crippen molar-refractivity contribution in [2.75, 3.05) is 18.5 Å². The largest absolute Gasteiger partial charge is 0.491 e. The summed E-state index contributed by atoms with van der Waals surface area (Å²) in [5.74, 6) is -1.37. The third-order valence-electron chi connectivity index (χ3n) is 4.12. The highest BCUT2D eigenvalue weighted by Crippen LogP contribution is 2.35. The van der Waals surface area contributed by atoms with Gasteiger partial charge in [-0.2, -0.15) is 13.2 Å². The van der Waals surface area contributed by atoms with Crippen LogP contribution in [0.2, 0.25) is 0 Å². The van der Waals surface area contributed by atoms with Crippen LogP contribution in [0.1, 0.15) is 40.4 Å².